The maximum absolute atomic E-state index is 11.1. The molecule has 7 nitrogen and oxygen atoms in total. The minimum Gasteiger partial charge on any atom is -0.492 e. The Bertz CT molecular complexity index is 621. The lowest BCUT2D eigenvalue weighted by atomic mass is 10.2. The summed E-state index contributed by atoms with van der Waals surface area (Å²) < 4.78 is 4.46. The van der Waals surface area contributed by atoms with Crippen LogP contribution in [0.5, 0.6) is 5.88 Å². The van der Waals surface area contributed by atoms with Crippen molar-refractivity contribution >= 4 is 23.5 Å². The van der Waals surface area contributed by atoms with Crippen molar-refractivity contribution in [2.75, 3.05) is 12.4 Å². The fraction of sp³-hybridized carbons (Fsp3) is 0.0909. The third-order valence-corrected chi connectivity index (χ3v) is 2.48. The summed E-state index contributed by atoms with van der Waals surface area (Å²) in [6, 6.07) is 3.04. The van der Waals surface area contributed by atoms with Crippen LogP contribution < -0.4 is 5.32 Å². The Morgan fingerprint density at radius 1 is 1.37 bits per heavy atom. The molecule has 2 aromatic heterocycles. The number of rotatable bonds is 2. The van der Waals surface area contributed by atoms with Crippen LogP contribution in [0.3, 0.4) is 0 Å². The number of aromatic hydroxyl groups is 1. The lowest BCUT2D eigenvalue weighted by Gasteiger charge is -2.05. The summed E-state index contributed by atoms with van der Waals surface area (Å²) in [5.41, 5.74) is 1.08. The van der Waals surface area contributed by atoms with E-state index in [1.807, 2.05) is 0 Å². The summed E-state index contributed by atoms with van der Waals surface area (Å²) in [6.07, 6.45) is 2.05. The number of nitrogens with zero attached hydrogens (tertiary/aromatic N) is 3. The molecule has 1 amide bonds. The molecule has 0 aliphatic rings. The Hall–Kier alpha value is -2.41. The van der Waals surface area contributed by atoms with Gasteiger partial charge in [0.05, 0.1) is 12.8 Å². The Labute approximate surface area is 113 Å². The van der Waals surface area contributed by atoms with E-state index >= 15 is 0 Å². The van der Waals surface area contributed by atoms with Crippen molar-refractivity contribution in [2.45, 2.75) is 0 Å². The van der Waals surface area contributed by atoms with Gasteiger partial charge in [-0.25, -0.2) is 19.7 Å². The highest BCUT2D eigenvalue weighted by Gasteiger charge is 2.08. The number of carbonyl (C=O) groups is 1. The van der Waals surface area contributed by atoms with Gasteiger partial charge in [-0.05, 0) is 6.07 Å². The number of pyridine rings is 1. The third-order valence-electron chi connectivity index (χ3n) is 2.20. The first-order valence-electron chi connectivity index (χ1n) is 5.12. The molecule has 0 saturated heterocycles. The first-order chi connectivity index (χ1) is 9.10. The summed E-state index contributed by atoms with van der Waals surface area (Å²) in [7, 11) is 1.25. The number of halogens is 1. The van der Waals surface area contributed by atoms with E-state index in [1.54, 1.807) is 0 Å². The maximum atomic E-state index is 11.1. The van der Waals surface area contributed by atoms with Crippen molar-refractivity contribution in [2.24, 2.45) is 0 Å². The van der Waals surface area contributed by atoms with Gasteiger partial charge in [0.1, 0.15) is 17.2 Å². The topological polar surface area (TPSA) is 97.2 Å². The highest BCUT2D eigenvalue weighted by atomic mass is 35.5. The number of ether oxygens (including phenoxy) is 1. The number of nitrogens with one attached hydrogen (secondary N) is 1. The molecule has 0 bridgehead atoms. The zero-order valence-corrected chi connectivity index (χ0v) is 10.5. The van der Waals surface area contributed by atoms with Crippen molar-refractivity contribution in [1.82, 2.24) is 15.0 Å². The highest BCUT2D eigenvalue weighted by molar-refractivity contribution is 6.32. The SMILES string of the molecule is COC(=O)Nc1cc(-c2cnc(O)c(Cl)c2)ncn1. The van der Waals surface area contributed by atoms with Gasteiger partial charge in [0.2, 0.25) is 5.88 Å². The van der Waals surface area contributed by atoms with Gasteiger partial charge in [-0.1, -0.05) is 11.6 Å². The van der Waals surface area contributed by atoms with E-state index in [4.69, 9.17) is 11.6 Å². The third kappa shape index (κ3) is 3.08. The molecule has 0 aromatic carbocycles. The molecule has 0 spiro atoms. The van der Waals surface area contributed by atoms with E-state index in [9.17, 15) is 9.90 Å². The molecule has 19 heavy (non-hydrogen) atoms. The number of carbonyl (C=O) groups excluding carboxylic acids is 1. The minimum atomic E-state index is -0.633. The van der Waals surface area contributed by atoms with Crippen LogP contribution in [0, 0.1) is 0 Å². The van der Waals surface area contributed by atoms with Crippen LogP contribution in [0.2, 0.25) is 5.02 Å². The smallest absolute Gasteiger partial charge is 0.412 e. The zero-order valence-electron chi connectivity index (χ0n) is 9.79. The minimum absolute atomic E-state index is 0.110. The standard InChI is InChI=1S/C11H9ClN4O3/c1-19-11(18)16-9-3-8(14-5-15-9)6-2-7(12)10(17)13-4-6/h2-5H,1H3,(H,13,17)(H,14,15,16,18). The van der Waals surface area contributed by atoms with Crippen LogP contribution in [0.25, 0.3) is 11.3 Å². The first kappa shape index (κ1) is 13.0. The summed E-state index contributed by atoms with van der Waals surface area (Å²) in [6.45, 7) is 0. The molecule has 0 radical (unpaired) electrons. The first-order valence-corrected chi connectivity index (χ1v) is 5.50. The van der Waals surface area contributed by atoms with Gasteiger partial charge in [-0.2, -0.15) is 0 Å². The molecule has 8 heteroatoms. The lowest BCUT2D eigenvalue weighted by molar-refractivity contribution is 0.187. The van der Waals surface area contributed by atoms with Crippen LogP contribution in [-0.2, 0) is 4.74 Å². The van der Waals surface area contributed by atoms with Gasteiger partial charge >= 0.3 is 6.09 Å². The average molecular weight is 281 g/mol. The van der Waals surface area contributed by atoms with E-state index in [-0.39, 0.29) is 16.7 Å². The van der Waals surface area contributed by atoms with Crippen molar-refractivity contribution in [3.63, 3.8) is 0 Å². The Kier molecular flexibility index (Phi) is 3.76. The van der Waals surface area contributed by atoms with E-state index < -0.39 is 6.09 Å². The monoisotopic (exact) mass is 280 g/mol. The molecule has 2 aromatic rings. The van der Waals surface area contributed by atoms with Gasteiger partial charge in [0, 0.05) is 17.8 Å². The van der Waals surface area contributed by atoms with Gasteiger partial charge in [0.15, 0.2) is 0 Å². The molecule has 2 rings (SSSR count). The number of anilines is 1. The van der Waals surface area contributed by atoms with Gasteiger partial charge in [0.25, 0.3) is 0 Å². The summed E-state index contributed by atoms with van der Waals surface area (Å²) in [4.78, 5) is 22.7. The molecule has 0 aliphatic carbocycles. The van der Waals surface area contributed by atoms with Crippen LogP contribution in [0.15, 0.2) is 24.7 Å². The molecular weight excluding hydrogens is 272 g/mol. The Morgan fingerprint density at radius 3 is 2.84 bits per heavy atom. The van der Waals surface area contributed by atoms with Crippen LogP contribution >= 0.6 is 11.6 Å². The molecule has 0 atom stereocenters. The number of hydrogen-bond donors (Lipinski definition) is 2. The fourth-order valence-corrected chi connectivity index (χ4v) is 1.48. The van der Waals surface area contributed by atoms with Crippen LogP contribution in [-0.4, -0.2) is 33.3 Å². The molecule has 0 aliphatic heterocycles. The Morgan fingerprint density at radius 2 is 2.16 bits per heavy atom. The predicted octanol–water partition coefficient (Wildman–Crippen LogP) is 2.08. The summed E-state index contributed by atoms with van der Waals surface area (Å²) in [5, 5.41) is 11.8. The number of aromatic nitrogens is 3. The second kappa shape index (κ2) is 5.49. The van der Waals surface area contributed by atoms with E-state index in [0.717, 1.165) is 0 Å². The molecule has 2 heterocycles. The van der Waals surface area contributed by atoms with E-state index in [2.05, 4.69) is 25.0 Å². The fourth-order valence-electron chi connectivity index (χ4n) is 1.31. The number of hydrogen-bond acceptors (Lipinski definition) is 6. The predicted molar refractivity (Wildman–Crippen MR) is 68.0 cm³/mol. The second-order valence-electron chi connectivity index (χ2n) is 3.43. The number of methoxy groups -OCH3 is 1. The average Bonchev–Trinajstić information content (AvgIpc) is 2.42. The summed E-state index contributed by atoms with van der Waals surface area (Å²) >= 11 is 5.76. The largest absolute Gasteiger partial charge is 0.492 e. The van der Waals surface area contributed by atoms with Gasteiger partial charge in [-0.15, -0.1) is 0 Å². The van der Waals surface area contributed by atoms with Crippen molar-refractivity contribution in [3.8, 4) is 17.1 Å². The highest BCUT2D eigenvalue weighted by Crippen LogP contribution is 2.26. The van der Waals surface area contributed by atoms with Crippen molar-refractivity contribution in [3.05, 3.63) is 29.7 Å². The Balaban J connectivity index is 2.32. The second-order valence-corrected chi connectivity index (χ2v) is 3.84. The van der Waals surface area contributed by atoms with Gasteiger partial charge in [-0.3, -0.25) is 5.32 Å². The van der Waals surface area contributed by atoms with E-state index in [0.29, 0.717) is 11.3 Å². The quantitative estimate of drug-likeness (QED) is 0.874. The molecule has 98 valence electrons. The lowest BCUT2D eigenvalue weighted by Crippen LogP contribution is -2.12. The molecule has 0 unspecified atom stereocenters. The zero-order chi connectivity index (χ0) is 13.8. The molecule has 0 saturated carbocycles. The molecule has 0 fully saturated rings. The summed E-state index contributed by atoms with van der Waals surface area (Å²) in [5.74, 6) is 0.0217. The molecule has 2 N–H and O–H groups in total. The number of amides is 1. The normalized spacial score (nSPS) is 10.0. The van der Waals surface area contributed by atoms with E-state index in [1.165, 1.54) is 31.8 Å². The van der Waals surface area contributed by atoms with Crippen LogP contribution in [0.1, 0.15) is 0 Å². The van der Waals surface area contributed by atoms with Crippen molar-refractivity contribution < 1.29 is 14.6 Å². The van der Waals surface area contributed by atoms with Crippen LogP contribution in [0.4, 0.5) is 10.6 Å². The molecular formula is C11H9ClN4O3. The maximum Gasteiger partial charge on any atom is 0.412 e. The van der Waals surface area contributed by atoms with Crippen molar-refractivity contribution in [1.29, 1.82) is 0 Å². The van der Waals surface area contributed by atoms with Gasteiger partial charge < -0.3 is 9.84 Å².